The molecule has 0 saturated carbocycles. The molecule has 0 aromatic carbocycles. The van der Waals surface area contributed by atoms with E-state index in [0.717, 1.165) is 18.5 Å². The van der Waals surface area contributed by atoms with E-state index in [1.807, 2.05) is 6.07 Å². The number of rotatable bonds is 8. The molecule has 1 rings (SSSR count). The fourth-order valence-electron chi connectivity index (χ4n) is 1.59. The maximum absolute atomic E-state index is 11.8. The molecular weight excluding hydrogens is 244 g/mol. The molecule has 6 nitrogen and oxygen atoms in total. The summed E-state index contributed by atoms with van der Waals surface area (Å²) in [7, 11) is 1.60. The molecule has 0 saturated heterocycles. The number of nitrogens with zero attached hydrogens (tertiary/aromatic N) is 2. The third kappa shape index (κ3) is 5.65. The lowest BCUT2D eigenvalue weighted by atomic mass is 10.2. The summed E-state index contributed by atoms with van der Waals surface area (Å²) in [4.78, 5) is 20.0. The number of hydrogen-bond acceptors (Lipinski definition) is 5. The van der Waals surface area contributed by atoms with Crippen molar-refractivity contribution in [1.29, 1.82) is 0 Å². The van der Waals surface area contributed by atoms with Gasteiger partial charge in [0, 0.05) is 25.4 Å². The van der Waals surface area contributed by atoms with E-state index >= 15 is 0 Å². The van der Waals surface area contributed by atoms with Crippen LogP contribution in [-0.2, 0) is 16.0 Å². The molecule has 0 fully saturated rings. The van der Waals surface area contributed by atoms with Gasteiger partial charge in [-0.2, -0.15) is 0 Å². The van der Waals surface area contributed by atoms with E-state index in [0.29, 0.717) is 19.0 Å². The Hall–Kier alpha value is -1.69. The van der Waals surface area contributed by atoms with Gasteiger partial charge in [0.15, 0.2) is 0 Å². The van der Waals surface area contributed by atoms with Gasteiger partial charge in [0.05, 0.1) is 6.61 Å². The van der Waals surface area contributed by atoms with Crippen molar-refractivity contribution in [2.45, 2.75) is 32.7 Å². The van der Waals surface area contributed by atoms with Gasteiger partial charge < -0.3 is 15.4 Å². The third-order valence-electron chi connectivity index (χ3n) is 2.59. The highest BCUT2D eigenvalue weighted by molar-refractivity contribution is 5.83. The summed E-state index contributed by atoms with van der Waals surface area (Å²) in [6.07, 6.45) is 3.46. The fraction of sp³-hybridized carbons (Fsp3) is 0.615. The molecule has 1 amide bonds. The lowest BCUT2D eigenvalue weighted by Gasteiger charge is -2.14. The van der Waals surface area contributed by atoms with Crippen LogP contribution in [0.3, 0.4) is 0 Å². The number of aryl methyl sites for hydroxylation is 1. The molecule has 1 aromatic heterocycles. The van der Waals surface area contributed by atoms with Crippen molar-refractivity contribution < 1.29 is 9.53 Å². The van der Waals surface area contributed by atoms with Crippen molar-refractivity contribution in [2.24, 2.45) is 0 Å². The van der Waals surface area contributed by atoms with Crippen LogP contribution in [0.5, 0.6) is 0 Å². The summed E-state index contributed by atoms with van der Waals surface area (Å²) in [5, 5.41) is 5.84. The highest BCUT2D eigenvalue weighted by Crippen LogP contribution is 2.07. The van der Waals surface area contributed by atoms with Crippen LogP contribution in [0.4, 0.5) is 5.82 Å². The van der Waals surface area contributed by atoms with Crippen molar-refractivity contribution >= 4 is 11.7 Å². The maximum Gasteiger partial charge on any atom is 0.242 e. The number of anilines is 1. The normalized spacial score (nSPS) is 11.9. The van der Waals surface area contributed by atoms with Gasteiger partial charge in [-0.15, -0.1) is 0 Å². The molecule has 19 heavy (non-hydrogen) atoms. The van der Waals surface area contributed by atoms with Crippen LogP contribution in [0.2, 0.25) is 0 Å². The molecule has 1 heterocycles. The van der Waals surface area contributed by atoms with E-state index in [-0.39, 0.29) is 11.9 Å². The number of aromatic nitrogens is 2. The van der Waals surface area contributed by atoms with Gasteiger partial charge in [-0.3, -0.25) is 4.79 Å². The van der Waals surface area contributed by atoms with E-state index in [2.05, 4.69) is 27.5 Å². The monoisotopic (exact) mass is 266 g/mol. The summed E-state index contributed by atoms with van der Waals surface area (Å²) in [6.45, 7) is 4.91. The molecule has 0 aliphatic heterocycles. The van der Waals surface area contributed by atoms with E-state index in [1.165, 1.54) is 6.33 Å². The second kappa shape index (κ2) is 8.42. The highest BCUT2D eigenvalue weighted by atomic mass is 16.5. The van der Waals surface area contributed by atoms with Crippen molar-refractivity contribution in [2.75, 3.05) is 25.6 Å². The highest BCUT2D eigenvalue weighted by Gasteiger charge is 2.12. The van der Waals surface area contributed by atoms with Crippen molar-refractivity contribution in [1.82, 2.24) is 15.3 Å². The van der Waals surface area contributed by atoms with Crippen LogP contribution in [0.1, 0.15) is 26.0 Å². The Labute approximate surface area is 114 Å². The molecule has 0 radical (unpaired) electrons. The van der Waals surface area contributed by atoms with Crippen LogP contribution in [0, 0.1) is 0 Å². The second-order valence-electron chi connectivity index (χ2n) is 4.29. The molecule has 1 unspecified atom stereocenters. The van der Waals surface area contributed by atoms with Gasteiger partial charge in [-0.05, 0) is 13.3 Å². The first kappa shape index (κ1) is 15.4. The van der Waals surface area contributed by atoms with Gasteiger partial charge in [-0.25, -0.2) is 9.97 Å². The number of ether oxygens (including phenoxy) is 1. The van der Waals surface area contributed by atoms with Gasteiger partial charge >= 0.3 is 0 Å². The number of carbonyl (C=O) groups excluding carboxylic acids is 1. The van der Waals surface area contributed by atoms with Gasteiger partial charge in [0.25, 0.3) is 0 Å². The van der Waals surface area contributed by atoms with Crippen LogP contribution in [0.25, 0.3) is 0 Å². The maximum atomic E-state index is 11.8. The summed E-state index contributed by atoms with van der Waals surface area (Å²) in [5.41, 5.74) is 0.979. The minimum absolute atomic E-state index is 0.0762. The Kier molecular flexibility index (Phi) is 6.81. The predicted molar refractivity (Wildman–Crippen MR) is 74.0 cm³/mol. The Morgan fingerprint density at radius 2 is 2.26 bits per heavy atom. The first-order valence-electron chi connectivity index (χ1n) is 6.51. The number of hydrogen-bond donors (Lipinski definition) is 2. The first-order chi connectivity index (χ1) is 9.17. The summed E-state index contributed by atoms with van der Waals surface area (Å²) >= 11 is 0. The predicted octanol–water partition coefficient (Wildman–Crippen LogP) is 0.992. The summed E-state index contributed by atoms with van der Waals surface area (Å²) in [5.74, 6) is 0.598. The van der Waals surface area contributed by atoms with E-state index in [1.54, 1.807) is 14.0 Å². The third-order valence-corrected chi connectivity index (χ3v) is 2.59. The van der Waals surface area contributed by atoms with E-state index in [4.69, 9.17) is 4.74 Å². The van der Waals surface area contributed by atoms with Crippen molar-refractivity contribution in [3.63, 3.8) is 0 Å². The first-order valence-corrected chi connectivity index (χ1v) is 6.51. The SMILES string of the molecule is CCCc1cc(NC(C)C(=O)NCCOC)ncn1. The average molecular weight is 266 g/mol. The fourth-order valence-corrected chi connectivity index (χ4v) is 1.59. The topological polar surface area (TPSA) is 76.1 Å². The molecule has 2 N–H and O–H groups in total. The zero-order valence-corrected chi connectivity index (χ0v) is 11.8. The van der Waals surface area contributed by atoms with Gasteiger partial charge in [0.1, 0.15) is 18.2 Å². The van der Waals surface area contributed by atoms with E-state index in [9.17, 15) is 4.79 Å². The molecular formula is C13H22N4O2. The minimum atomic E-state index is -0.346. The summed E-state index contributed by atoms with van der Waals surface area (Å²) < 4.78 is 4.88. The molecule has 106 valence electrons. The van der Waals surface area contributed by atoms with Crippen LogP contribution >= 0.6 is 0 Å². The Morgan fingerprint density at radius 3 is 2.95 bits per heavy atom. The van der Waals surface area contributed by atoms with E-state index < -0.39 is 0 Å². The van der Waals surface area contributed by atoms with Gasteiger partial charge in [0.2, 0.25) is 5.91 Å². The minimum Gasteiger partial charge on any atom is -0.383 e. The molecule has 1 aromatic rings. The molecule has 6 heteroatoms. The molecule has 0 spiro atoms. The number of amides is 1. The summed E-state index contributed by atoms with van der Waals surface area (Å²) in [6, 6.07) is 1.53. The molecule has 0 bridgehead atoms. The van der Waals surface area contributed by atoms with Crippen LogP contribution in [0.15, 0.2) is 12.4 Å². The Balaban J connectivity index is 2.48. The number of methoxy groups -OCH3 is 1. The molecule has 0 aliphatic rings. The standard InChI is InChI=1S/C13H22N4O2/c1-4-5-11-8-12(16-9-15-11)17-10(2)13(18)14-6-7-19-3/h8-10H,4-7H2,1-3H3,(H,14,18)(H,15,16,17). The van der Waals surface area contributed by atoms with Crippen LogP contribution < -0.4 is 10.6 Å². The van der Waals surface area contributed by atoms with Crippen molar-refractivity contribution in [3.8, 4) is 0 Å². The number of carbonyl (C=O) groups is 1. The lowest BCUT2D eigenvalue weighted by molar-refractivity contribution is -0.121. The zero-order chi connectivity index (χ0) is 14.1. The largest absolute Gasteiger partial charge is 0.383 e. The average Bonchev–Trinajstić information content (AvgIpc) is 2.39. The lowest BCUT2D eigenvalue weighted by Crippen LogP contribution is -2.39. The Bertz CT molecular complexity index is 398. The quantitative estimate of drug-likeness (QED) is 0.686. The molecule has 1 atom stereocenters. The molecule has 0 aliphatic carbocycles. The van der Waals surface area contributed by atoms with Gasteiger partial charge in [-0.1, -0.05) is 13.3 Å². The zero-order valence-electron chi connectivity index (χ0n) is 11.8. The number of nitrogens with one attached hydrogen (secondary N) is 2. The second-order valence-corrected chi connectivity index (χ2v) is 4.29. The smallest absolute Gasteiger partial charge is 0.242 e. The van der Waals surface area contributed by atoms with Crippen LogP contribution in [-0.4, -0.2) is 42.2 Å². The van der Waals surface area contributed by atoms with Crippen molar-refractivity contribution in [3.05, 3.63) is 18.1 Å². The Morgan fingerprint density at radius 1 is 1.47 bits per heavy atom.